The molecule has 22 nitrogen and oxygen atoms in total. The standard InChI is InChI=1S/C32H35FN8O4S.C27H27FN8O2S.ClH/c1-32(2,3)45-31(44)38-10-6-19(7-11-38)20-15-36-41(16-20)21-13-22-23(24(33)14-21)17-40(29(22)43)27(28(42)37-30-34-8-12-46-30)26-25-5-4-9-39(25)18-35-26;28-21-11-18(36-13-17(12-32-36)16-3-5-29-6-4-16)10-19-20(21)14-35(26(19)38)24(25(37)33-27-30-7-9-39-27)23-22-2-1-8-34(22)15-31-23;/h8,12-16,18-19,27H,4-7,9-11,17H2,1-3H3,(H,34,37,42);7,9-13,15-16,24,29H,1-6,8,14H2,(H,30,33,37);1H. The quantitative estimate of drug-likeness (QED) is 0.104. The van der Waals surface area contributed by atoms with Crippen LogP contribution in [0.4, 0.5) is 23.8 Å². The van der Waals surface area contributed by atoms with Crippen molar-refractivity contribution in [2.45, 2.75) is 128 Å². The predicted molar refractivity (Wildman–Crippen MR) is 317 cm³/mol. The fourth-order valence-corrected chi connectivity index (χ4v) is 13.6. The molecule has 0 spiro atoms. The van der Waals surface area contributed by atoms with Crippen LogP contribution >= 0.6 is 35.1 Å². The zero-order valence-corrected chi connectivity index (χ0v) is 49.9. The number of amides is 5. The Morgan fingerprint density at radius 1 is 0.663 bits per heavy atom. The van der Waals surface area contributed by atoms with Gasteiger partial charge in [0, 0.05) is 95.4 Å². The lowest BCUT2D eigenvalue weighted by atomic mass is 9.92. The Hall–Kier alpha value is -8.20. The van der Waals surface area contributed by atoms with Gasteiger partial charge in [0.15, 0.2) is 22.3 Å². The van der Waals surface area contributed by atoms with Crippen molar-refractivity contribution < 1.29 is 37.5 Å². The summed E-state index contributed by atoms with van der Waals surface area (Å²) in [6, 6.07) is 4.03. The van der Waals surface area contributed by atoms with Gasteiger partial charge < -0.3 is 33.9 Å². The van der Waals surface area contributed by atoms with Crippen molar-refractivity contribution in [2.75, 3.05) is 36.8 Å². The second kappa shape index (κ2) is 23.9. The average Bonchev–Trinajstić information content (AvgIpc) is 2.33. The molecular formula is C59H63ClF2N16O6S2. The van der Waals surface area contributed by atoms with E-state index in [1.165, 1.54) is 44.6 Å². The number of anilines is 2. The molecular weight excluding hydrogens is 1170 g/mol. The van der Waals surface area contributed by atoms with Crippen LogP contribution in [-0.2, 0) is 53.3 Å². The third kappa shape index (κ3) is 11.4. The lowest BCUT2D eigenvalue weighted by molar-refractivity contribution is -0.121. The van der Waals surface area contributed by atoms with Gasteiger partial charge in [-0.15, -0.1) is 35.1 Å². The number of nitrogens with one attached hydrogen (secondary N) is 3. The number of hydrogen-bond donors (Lipinski definition) is 3. The largest absolute Gasteiger partial charge is 0.444 e. The zero-order valence-electron chi connectivity index (χ0n) is 47.4. The summed E-state index contributed by atoms with van der Waals surface area (Å²) in [7, 11) is 0. The van der Waals surface area contributed by atoms with Gasteiger partial charge in [-0.05, 0) is 132 Å². The van der Waals surface area contributed by atoms with Gasteiger partial charge in [-0.25, -0.2) is 42.9 Å². The fraction of sp³-hybridized carbons (Fsp3) is 0.407. The zero-order chi connectivity index (χ0) is 58.7. The maximum atomic E-state index is 15.7. The monoisotopic (exact) mass is 1230 g/mol. The summed E-state index contributed by atoms with van der Waals surface area (Å²) >= 11 is 2.57. The number of halogens is 3. The van der Waals surface area contributed by atoms with Crippen molar-refractivity contribution in [1.82, 2.24) is 68.6 Å². The van der Waals surface area contributed by atoms with Gasteiger partial charge in [0.25, 0.3) is 23.6 Å². The van der Waals surface area contributed by atoms with Crippen molar-refractivity contribution in [3.63, 3.8) is 0 Å². The van der Waals surface area contributed by atoms with Gasteiger partial charge in [0.1, 0.15) is 17.2 Å². The summed E-state index contributed by atoms with van der Waals surface area (Å²) < 4.78 is 44.0. The second-order valence-corrected chi connectivity index (χ2v) is 25.0. The molecule has 2 unspecified atom stereocenters. The van der Waals surface area contributed by atoms with Crippen LogP contribution in [0.2, 0.25) is 0 Å². The van der Waals surface area contributed by atoms with E-state index in [1.54, 1.807) is 68.4 Å². The van der Waals surface area contributed by atoms with Crippen LogP contribution < -0.4 is 16.0 Å². The highest BCUT2D eigenvalue weighted by Gasteiger charge is 2.44. The average molecular weight is 1230 g/mol. The number of carbonyl (C=O) groups is 5. The smallest absolute Gasteiger partial charge is 0.410 e. The maximum Gasteiger partial charge on any atom is 0.410 e. The molecule has 6 aliphatic heterocycles. The number of piperidine rings is 2. The van der Waals surface area contributed by atoms with Crippen molar-refractivity contribution in [3.8, 4) is 11.4 Å². The van der Waals surface area contributed by atoms with Crippen molar-refractivity contribution >= 4 is 75.1 Å². The Morgan fingerprint density at radius 3 is 1.57 bits per heavy atom. The molecule has 3 N–H and O–H groups in total. The van der Waals surface area contributed by atoms with Crippen LogP contribution in [0.15, 0.2) is 84.9 Å². The molecule has 14 rings (SSSR count). The first-order valence-corrected chi connectivity index (χ1v) is 30.4. The van der Waals surface area contributed by atoms with Crippen molar-refractivity contribution in [1.29, 1.82) is 0 Å². The Kier molecular flexibility index (Phi) is 16.2. The molecule has 0 radical (unpaired) electrons. The van der Waals surface area contributed by atoms with Crippen molar-refractivity contribution in [3.05, 3.63) is 153 Å². The molecule has 6 aromatic heterocycles. The molecule has 86 heavy (non-hydrogen) atoms. The van der Waals surface area contributed by atoms with E-state index in [4.69, 9.17) is 4.74 Å². The van der Waals surface area contributed by atoms with E-state index in [9.17, 15) is 24.0 Å². The molecule has 8 aromatic rings. The second-order valence-electron chi connectivity index (χ2n) is 23.2. The highest BCUT2D eigenvalue weighted by atomic mass is 35.5. The molecule has 12 heterocycles. The number of hydrogen-bond acceptors (Lipinski definition) is 15. The number of likely N-dealkylation sites (tertiary alicyclic amines) is 1. The molecule has 0 saturated carbocycles. The molecule has 5 amide bonds. The minimum absolute atomic E-state index is 0. The summed E-state index contributed by atoms with van der Waals surface area (Å²) in [6.45, 7) is 10.1. The molecule has 27 heteroatoms. The molecule has 0 aliphatic carbocycles. The van der Waals surface area contributed by atoms with Crippen LogP contribution in [0.5, 0.6) is 0 Å². The lowest BCUT2D eigenvalue weighted by Gasteiger charge is -2.33. The van der Waals surface area contributed by atoms with Crippen molar-refractivity contribution in [2.24, 2.45) is 0 Å². The number of carbonyl (C=O) groups excluding carboxylic acids is 5. The number of thiazole rings is 2. The number of aryl methyl sites for hydroxylation is 2. The third-order valence-corrected chi connectivity index (χ3v) is 18.1. The van der Waals surface area contributed by atoms with Crippen LogP contribution in [-0.4, -0.2) is 125 Å². The molecule has 2 atom stereocenters. The molecule has 2 aromatic carbocycles. The summed E-state index contributed by atoms with van der Waals surface area (Å²) in [5.74, 6) is -2.17. The van der Waals surface area contributed by atoms with Crippen LogP contribution in [0.3, 0.4) is 0 Å². The van der Waals surface area contributed by atoms with E-state index in [-0.39, 0.29) is 59.8 Å². The van der Waals surface area contributed by atoms with Gasteiger partial charge in [0.2, 0.25) is 0 Å². The van der Waals surface area contributed by atoms with E-state index >= 15 is 8.78 Å². The number of imidazole rings is 2. The predicted octanol–water partition coefficient (Wildman–Crippen LogP) is 8.90. The number of nitrogens with zero attached hydrogens (tertiary/aromatic N) is 13. The minimum atomic E-state index is -1.05. The first-order valence-electron chi connectivity index (χ1n) is 28.7. The van der Waals surface area contributed by atoms with Gasteiger partial charge in [0.05, 0.1) is 60.9 Å². The SMILES string of the molecule is CC(C)(C)OC(=O)N1CCC(c2cnn(-c3cc(F)c4c(c3)C(=O)N(C(C(=O)Nc3nccs3)c3ncn5c3CCC5)C4)c2)CC1.Cl.O=C(Nc1nccs1)C(c1ncn2c1CCC2)N1Cc2c(F)cc(-n3cc(C4CCNCC4)cn3)cc2C1=O. The van der Waals surface area contributed by atoms with E-state index in [0.717, 1.165) is 100 Å². The number of rotatable bonds is 12. The number of benzene rings is 2. The van der Waals surface area contributed by atoms with Gasteiger partial charge in [-0.2, -0.15) is 10.2 Å². The Morgan fingerprint density at radius 2 is 1.13 bits per heavy atom. The molecule has 6 aliphatic rings. The van der Waals surface area contributed by atoms with E-state index in [1.807, 2.05) is 48.5 Å². The maximum absolute atomic E-state index is 15.7. The lowest BCUT2D eigenvalue weighted by Crippen LogP contribution is -2.41. The topological polar surface area (TPSA) is 237 Å². The van der Waals surface area contributed by atoms with Crippen LogP contribution in [0.1, 0.15) is 149 Å². The van der Waals surface area contributed by atoms with E-state index in [0.29, 0.717) is 52.0 Å². The van der Waals surface area contributed by atoms with E-state index < -0.39 is 52.9 Å². The number of fused-ring (bicyclic) bond motifs is 4. The molecule has 2 fully saturated rings. The Bertz CT molecular complexity index is 3860. The number of ether oxygens (including phenoxy) is 1. The van der Waals surface area contributed by atoms with E-state index in [2.05, 4.69) is 46.1 Å². The van der Waals surface area contributed by atoms with Crippen LogP contribution in [0, 0.1) is 11.6 Å². The normalized spacial score (nSPS) is 17.3. The highest BCUT2D eigenvalue weighted by Crippen LogP contribution is 2.40. The van der Waals surface area contributed by atoms with Gasteiger partial charge >= 0.3 is 6.09 Å². The first kappa shape index (κ1) is 58.2. The van der Waals surface area contributed by atoms with Crippen LogP contribution in [0.25, 0.3) is 11.4 Å². The Labute approximate surface area is 507 Å². The van der Waals surface area contributed by atoms with Gasteiger partial charge in [-0.1, -0.05) is 0 Å². The fourth-order valence-electron chi connectivity index (χ4n) is 12.5. The first-order chi connectivity index (χ1) is 41.1. The third-order valence-electron chi connectivity index (χ3n) is 16.7. The highest BCUT2D eigenvalue weighted by molar-refractivity contribution is 7.14. The summed E-state index contributed by atoms with van der Waals surface area (Å²) in [5, 5.41) is 22.3. The summed E-state index contributed by atoms with van der Waals surface area (Å²) in [5.41, 5.74) is 6.25. The number of aromatic nitrogens is 10. The molecule has 0 bridgehead atoms. The van der Waals surface area contributed by atoms with Gasteiger partial charge in [-0.3, -0.25) is 29.8 Å². The molecule has 2 saturated heterocycles. The summed E-state index contributed by atoms with van der Waals surface area (Å²) in [6.07, 6.45) is 20.6. The minimum Gasteiger partial charge on any atom is -0.444 e. The molecule has 448 valence electrons. The Balaban J connectivity index is 0.000000168. The summed E-state index contributed by atoms with van der Waals surface area (Å²) in [4.78, 5) is 89.6.